The van der Waals surface area contributed by atoms with Crippen molar-refractivity contribution in [2.75, 3.05) is 44.8 Å². The van der Waals surface area contributed by atoms with Gasteiger partial charge in [-0.3, -0.25) is 0 Å². The standard InChI is InChI=1S/C22H28N4O4/c1-15-11-23-21(17-4-6-28-7-5-17)26(15)14-16-12-25(13-16)22(27)24-18-2-3-19-20(10-18)30-9-8-29-19/h2-3,10-11,16-17H,4-9,12-14H2,1H3,(H,24,27). The van der Waals surface area contributed by atoms with Gasteiger partial charge in [0.15, 0.2) is 11.5 Å². The van der Waals surface area contributed by atoms with Gasteiger partial charge in [0.05, 0.1) is 0 Å². The summed E-state index contributed by atoms with van der Waals surface area (Å²) >= 11 is 0. The molecule has 1 aromatic heterocycles. The number of imidazole rings is 1. The molecule has 2 saturated heterocycles. The number of likely N-dealkylation sites (tertiary alicyclic amines) is 1. The van der Waals surface area contributed by atoms with E-state index in [4.69, 9.17) is 14.2 Å². The van der Waals surface area contributed by atoms with Crippen LogP contribution in [0.4, 0.5) is 10.5 Å². The molecule has 2 amide bonds. The monoisotopic (exact) mass is 412 g/mol. The summed E-state index contributed by atoms with van der Waals surface area (Å²) in [6.45, 7) is 7.24. The lowest BCUT2D eigenvalue weighted by molar-refractivity contribution is 0.0811. The van der Waals surface area contributed by atoms with Crippen molar-refractivity contribution in [3.63, 3.8) is 0 Å². The van der Waals surface area contributed by atoms with Crippen molar-refractivity contribution < 1.29 is 19.0 Å². The Balaban J connectivity index is 1.16. The highest BCUT2D eigenvalue weighted by atomic mass is 16.6. The molecule has 5 rings (SSSR count). The normalized spacial score (nSPS) is 19.4. The van der Waals surface area contributed by atoms with E-state index in [1.54, 1.807) is 0 Å². The first-order valence-electron chi connectivity index (χ1n) is 10.7. The molecule has 8 heteroatoms. The minimum Gasteiger partial charge on any atom is -0.486 e. The van der Waals surface area contributed by atoms with E-state index in [1.165, 1.54) is 11.5 Å². The van der Waals surface area contributed by atoms with E-state index in [0.717, 1.165) is 57.1 Å². The van der Waals surface area contributed by atoms with Crippen molar-refractivity contribution in [3.05, 3.63) is 35.9 Å². The Bertz CT molecular complexity index is 916. The Kier molecular flexibility index (Phi) is 5.25. The molecule has 3 aliphatic heterocycles. The number of rotatable bonds is 4. The van der Waals surface area contributed by atoms with Crippen LogP contribution in [-0.2, 0) is 11.3 Å². The fourth-order valence-corrected chi connectivity index (χ4v) is 4.43. The molecule has 160 valence electrons. The molecular formula is C22H28N4O4. The van der Waals surface area contributed by atoms with E-state index in [-0.39, 0.29) is 6.03 Å². The number of fused-ring (bicyclic) bond motifs is 1. The summed E-state index contributed by atoms with van der Waals surface area (Å²) in [6, 6.07) is 5.42. The van der Waals surface area contributed by atoms with Crippen molar-refractivity contribution in [1.29, 1.82) is 0 Å². The van der Waals surface area contributed by atoms with Crippen LogP contribution in [0.25, 0.3) is 0 Å². The maximum Gasteiger partial charge on any atom is 0.321 e. The van der Waals surface area contributed by atoms with Crippen LogP contribution in [0, 0.1) is 12.8 Å². The fraction of sp³-hybridized carbons (Fsp3) is 0.545. The summed E-state index contributed by atoms with van der Waals surface area (Å²) in [5.41, 5.74) is 1.91. The number of carbonyl (C=O) groups is 1. The first kappa shape index (κ1) is 19.2. The summed E-state index contributed by atoms with van der Waals surface area (Å²) in [5.74, 6) is 3.50. The smallest absolute Gasteiger partial charge is 0.321 e. The maximum absolute atomic E-state index is 12.6. The fourth-order valence-electron chi connectivity index (χ4n) is 4.43. The highest BCUT2D eigenvalue weighted by molar-refractivity contribution is 5.90. The average molecular weight is 412 g/mol. The molecule has 0 aliphatic carbocycles. The van der Waals surface area contributed by atoms with E-state index in [1.807, 2.05) is 29.3 Å². The van der Waals surface area contributed by atoms with Crippen molar-refractivity contribution in [1.82, 2.24) is 14.5 Å². The summed E-state index contributed by atoms with van der Waals surface area (Å²) in [4.78, 5) is 19.1. The van der Waals surface area contributed by atoms with E-state index in [9.17, 15) is 4.79 Å². The van der Waals surface area contributed by atoms with E-state index in [0.29, 0.717) is 30.8 Å². The molecule has 30 heavy (non-hydrogen) atoms. The summed E-state index contributed by atoms with van der Waals surface area (Å²) in [6.07, 6.45) is 4.03. The van der Waals surface area contributed by atoms with E-state index in [2.05, 4.69) is 21.8 Å². The summed E-state index contributed by atoms with van der Waals surface area (Å²) in [7, 11) is 0. The molecule has 0 radical (unpaired) electrons. The van der Waals surface area contributed by atoms with Gasteiger partial charge in [-0.1, -0.05) is 0 Å². The molecular weight excluding hydrogens is 384 g/mol. The number of hydrogen-bond acceptors (Lipinski definition) is 5. The van der Waals surface area contributed by atoms with Crippen molar-refractivity contribution in [2.24, 2.45) is 5.92 Å². The van der Waals surface area contributed by atoms with Gasteiger partial charge in [-0.05, 0) is 31.9 Å². The zero-order valence-electron chi connectivity index (χ0n) is 17.3. The predicted molar refractivity (Wildman–Crippen MR) is 111 cm³/mol. The number of aromatic nitrogens is 2. The van der Waals surface area contributed by atoms with Gasteiger partial charge in [-0.25, -0.2) is 9.78 Å². The summed E-state index contributed by atoms with van der Waals surface area (Å²) in [5, 5.41) is 2.97. The SMILES string of the molecule is Cc1cnc(C2CCOCC2)n1CC1CN(C(=O)Nc2ccc3c(c2)OCCO3)C1. The van der Waals surface area contributed by atoms with E-state index >= 15 is 0 Å². The number of benzene rings is 1. The maximum atomic E-state index is 12.6. The molecule has 0 atom stereocenters. The van der Waals surface area contributed by atoms with Gasteiger partial charge in [0.2, 0.25) is 0 Å². The zero-order valence-corrected chi connectivity index (χ0v) is 17.3. The quantitative estimate of drug-likeness (QED) is 0.835. The average Bonchev–Trinajstić information content (AvgIpc) is 3.11. The van der Waals surface area contributed by atoms with E-state index < -0.39 is 0 Å². The molecule has 0 spiro atoms. The number of amides is 2. The molecule has 2 fully saturated rings. The van der Waals surface area contributed by atoms with Crippen molar-refractivity contribution in [3.8, 4) is 11.5 Å². The van der Waals surface area contributed by atoms with Crippen LogP contribution in [0.1, 0.15) is 30.3 Å². The largest absolute Gasteiger partial charge is 0.486 e. The van der Waals surface area contributed by atoms with Crippen LogP contribution in [0.15, 0.2) is 24.4 Å². The number of aryl methyl sites for hydroxylation is 1. The molecule has 4 heterocycles. The third-order valence-electron chi connectivity index (χ3n) is 6.15. The molecule has 1 aromatic carbocycles. The molecule has 0 bridgehead atoms. The number of hydrogen-bond donors (Lipinski definition) is 1. The minimum atomic E-state index is -0.0741. The van der Waals surface area contributed by atoms with Gasteiger partial charge < -0.3 is 29.0 Å². The second-order valence-corrected chi connectivity index (χ2v) is 8.31. The number of carbonyl (C=O) groups excluding carboxylic acids is 1. The lowest BCUT2D eigenvalue weighted by atomic mass is 9.97. The molecule has 0 unspecified atom stereocenters. The number of ether oxygens (including phenoxy) is 3. The Hall–Kier alpha value is -2.74. The Morgan fingerprint density at radius 3 is 2.70 bits per heavy atom. The van der Waals surface area contributed by atoms with Gasteiger partial charge >= 0.3 is 6.03 Å². The lowest BCUT2D eigenvalue weighted by Crippen LogP contribution is -2.53. The molecule has 8 nitrogen and oxygen atoms in total. The highest BCUT2D eigenvalue weighted by Gasteiger charge is 2.32. The first-order chi connectivity index (χ1) is 14.7. The number of nitrogens with one attached hydrogen (secondary N) is 1. The number of nitrogens with zero attached hydrogens (tertiary/aromatic N) is 3. The van der Waals surface area contributed by atoms with Crippen molar-refractivity contribution >= 4 is 11.7 Å². The van der Waals surface area contributed by atoms with Crippen LogP contribution in [0.3, 0.4) is 0 Å². The molecule has 2 aromatic rings. The van der Waals surface area contributed by atoms with Gasteiger partial charge in [0.25, 0.3) is 0 Å². The second-order valence-electron chi connectivity index (χ2n) is 8.31. The van der Waals surface area contributed by atoms with Crippen LogP contribution in [0.5, 0.6) is 11.5 Å². The van der Waals surface area contributed by atoms with Gasteiger partial charge in [-0.2, -0.15) is 0 Å². The van der Waals surface area contributed by atoms with Gasteiger partial charge in [0.1, 0.15) is 19.0 Å². The Labute approximate surface area is 176 Å². The zero-order chi connectivity index (χ0) is 20.5. The first-order valence-corrected chi connectivity index (χ1v) is 10.7. The van der Waals surface area contributed by atoms with Crippen molar-refractivity contribution in [2.45, 2.75) is 32.2 Å². The molecule has 1 N–H and O–H groups in total. The molecule has 0 saturated carbocycles. The van der Waals surface area contributed by atoms with Crippen LogP contribution in [-0.4, -0.2) is 60.0 Å². The highest BCUT2D eigenvalue weighted by Crippen LogP contribution is 2.33. The number of anilines is 1. The topological polar surface area (TPSA) is 77.9 Å². The Morgan fingerprint density at radius 1 is 1.13 bits per heavy atom. The third kappa shape index (κ3) is 3.84. The second kappa shape index (κ2) is 8.18. The van der Waals surface area contributed by atoms with Crippen LogP contribution < -0.4 is 14.8 Å². The van der Waals surface area contributed by atoms with Crippen LogP contribution in [0.2, 0.25) is 0 Å². The van der Waals surface area contributed by atoms with Gasteiger partial charge in [0, 0.05) is 68.3 Å². The minimum absolute atomic E-state index is 0.0741. The molecule has 3 aliphatic rings. The lowest BCUT2D eigenvalue weighted by Gasteiger charge is -2.40. The number of urea groups is 1. The van der Waals surface area contributed by atoms with Gasteiger partial charge in [-0.15, -0.1) is 0 Å². The third-order valence-corrected chi connectivity index (χ3v) is 6.15. The van der Waals surface area contributed by atoms with Crippen LogP contribution >= 0.6 is 0 Å². The predicted octanol–water partition coefficient (Wildman–Crippen LogP) is 3.02. The Morgan fingerprint density at radius 2 is 1.90 bits per heavy atom. The summed E-state index contributed by atoms with van der Waals surface area (Å²) < 4.78 is 19.0.